The summed E-state index contributed by atoms with van der Waals surface area (Å²) in [6, 6.07) is 22.8. The minimum atomic E-state index is -0.605. The summed E-state index contributed by atoms with van der Waals surface area (Å²) in [6.07, 6.45) is 50.6. The molecule has 0 unspecified atom stereocenters. The third kappa shape index (κ3) is 13.0. The molecule has 1 aliphatic heterocycles. The first kappa shape index (κ1) is 46.8. The van der Waals surface area contributed by atoms with Crippen LogP contribution in [0.2, 0.25) is 0 Å². The second kappa shape index (κ2) is 25.6. The van der Waals surface area contributed by atoms with Crippen molar-refractivity contribution in [1.82, 2.24) is 4.90 Å². The molecule has 6 aliphatic carbocycles. The molecule has 0 N–H and O–H groups in total. The predicted molar refractivity (Wildman–Crippen MR) is 207 cm³/mol. The van der Waals surface area contributed by atoms with Crippen molar-refractivity contribution in [3.8, 4) is 0 Å². The summed E-state index contributed by atoms with van der Waals surface area (Å²) in [7, 11) is -0.605. The molecular formula is C47H44Fe3NP+6. The summed E-state index contributed by atoms with van der Waals surface area (Å²) in [5.74, 6) is 7.14. The number of rotatable bonds is 5. The Bertz CT molecular complexity index is 1060. The zero-order valence-corrected chi connectivity index (χ0v) is 33.7. The monoisotopic (exact) mass is 821 g/mol. The number of fused-ring (bicyclic) bond motifs is 3. The Labute approximate surface area is 354 Å². The molecule has 2 aromatic rings. The summed E-state index contributed by atoms with van der Waals surface area (Å²) in [5, 5.41) is 2.81. The van der Waals surface area contributed by atoms with Crippen LogP contribution < -0.4 is 10.6 Å². The van der Waals surface area contributed by atoms with Gasteiger partial charge in [0.05, 0.1) is 0 Å². The number of hydrogen-bond acceptors (Lipinski definition) is 1. The Kier molecular flexibility index (Phi) is 23.0. The van der Waals surface area contributed by atoms with Crippen molar-refractivity contribution in [2.75, 3.05) is 6.54 Å². The first-order valence-electron chi connectivity index (χ1n) is 17.1. The molecule has 1 saturated heterocycles. The van der Waals surface area contributed by atoms with Crippen LogP contribution >= 0.6 is 7.92 Å². The quantitative estimate of drug-likeness (QED) is 0.216. The molecule has 0 bridgehead atoms. The topological polar surface area (TPSA) is 3.24 Å². The number of likely N-dealkylation sites (tertiary alicyclic amines) is 1. The summed E-state index contributed by atoms with van der Waals surface area (Å²) >= 11 is 0. The third-order valence-corrected chi connectivity index (χ3v) is 11.6. The molecule has 0 amide bonds. The minimum absolute atomic E-state index is 0. The summed E-state index contributed by atoms with van der Waals surface area (Å²) in [6.45, 7) is 5.69. The van der Waals surface area contributed by atoms with Crippen LogP contribution in [-0.4, -0.2) is 23.5 Å². The maximum absolute atomic E-state index is 2.69. The molecule has 30 radical (unpaired) electrons. The Morgan fingerprint density at radius 3 is 1.13 bits per heavy atom. The predicted octanol–water partition coefficient (Wildman–Crippen LogP) is 8.55. The normalized spacial score (nSPS) is 25.6. The van der Waals surface area contributed by atoms with Crippen LogP contribution in [0.4, 0.5) is 0 Å². The standard InChI is InChI=1S/C32H29NP.3C5H5.3Fe/c1-23-28-17-10-19-30(28)31-20-11-18-29(31)24(2)33(23)22-25-12-9-21-32(25)34(26-13-5-3-6-14-26)27-15-7-4-8-16-27;3*1-2-4-5-3-1;;;/h3-21,23-24H,22H2,1-2H3;3*1-5H;;;/q;;;;3*+2/t23-,24-;;;;;;/m0....../s1. The molecule has 0 aromatic heterocycles. The largest absolute Gasteiger partial charge is 2.00 e. The van der Waals surface area contributed by atoms with Gasteiger partial charge in [0.2, 0.25) is 0 Å². The molecule has 7 aliphatic rings. The van der Waals surface area contributed by atoms with Crippen LogP contribution in [0.1, 0.15) is 13.8 Å². The number of benzene rings is 2. The summed E-state index contributed by atoms with van der Waals surface area (Å²) in [5.41, 5.74) is 1.47. The Hall–Kier alpha value is 0.388. The molecular weight excluding hydrogens is 777 g/mol. The van der Waals surface area contributed by atoms with E-state index in [0.717, 1.165) is 6.54 Å². The zero-order valence-electron chi connectivity index (χ0n) is 29.4. The number of nitrogens with zero attached hydrogens (tertiary/aromatic N) is 1. The van der Waals surface area contributed by atoms with Crippen molar-refractivity contribution in [1.29, 1.82) is 0 Å². The van der Waals surface area contributed by atoms with E-state index in [1.807, 2.05) is 96.3 Å². The average Bonchev–Trinajstić information content (AvgIpc) is 3.99. The van der Waals surface area contributed by atoms with Crippen molar-refractivity contribution >= 4 is 18.5 Å². The van der Waals surface area contributed by atoms with Crippen LogP contribution in [0.25, 0.3) is 0 Å². The molecule has 5 heteroatoms. The average molecular weight is 821 g/mol. The zero-order chi connectivity index (χ0) is 33.7. The number of hydrogen-bond donors (Lipinski definition) is 0. The molecule has 0 spiro atoms. The molecule has 1 heterocycles. The van der Waals surface area contributed by atoms with Crippen LogP contribution in [0.5, 0.6) is 0 Å². The van der Waals surface area contributed by atoms with Crippen molar-refractivity contribution in [3.63, 3.8) is 0 Å². The van der Waals surface area contributed by atoms with Gasteiger partial charge in [-0.3, -0.25) is 4.90 Å². The second-order valence-electron chi connectivity index (χ2n) is 12.1. The van der Waals surface area contributed by atoms with Crippen LogP contribution in [0.15, 0.2) is 60.7 Å². The third-order valence-electron chi connectivity index (χ3n) is 9.05. The van der Waals surface area contributed by atoms with Gasteiger partial charge >= 0.3 is 51.2 Å². The maximum Gasteiger partial charge on any atom is 2.00 e. The van der Waals surface area contributed by atoms with Crippen LogP contribution in [-0.2, 0) is 51.2 Å². The van der Waals surface area contributed by atoms with Crippen molar-refractivity contribution in [3.05, 3.63) is 250 Å². The van der Waals surface area contributed by atoms with Gasteiger partial charge in [0, 0.05) is 42.0 Å². The Morgan fingerprint density at radius 1 is 0.423 bits per heavy atom. The van der Waals surface area contributed by atoms with E-state index in [9.17, 15) is 0 Å². The molecule has 7 fully saturated rings. The fourth-order valence-electron chi connectivity index (χ4n) is 6.59. The first-order valence-corrected chi connectivity index (χ1v) is 18.5. The first-order chi connectivity index (χ1) is 24.2. The molecule has 9 rings (SSSR count). The van der Waals surface area contributed by atoms with Crippen LogP contribution in [0.3, 0.4) is 0 Å². The minimum Gasteiger partial charge on any atom is -0.296 e. The van der Waals surface area contributed by atoms with E-state index >= 15 is 0 Å². The van der Waals surface area contributed by atoms with Crippen LogP contribution in [0, 0.1) is 189 Å². The summed E-state index contributed by atoms with van der Waals surface area (Å²) < 4.78 is 0. The second-order valence-corrected chi connectivity index (χ2v) is 14.3. The van der Waals surface area contributed by atoms with Gasteiger partial charge in [-0.15, -0.1) is 0 Å². The van der Waals surface area contributed by atoms with E-state index in [1.54, 1.807) is 0 Å². The fraction of sp³-hybridized carbons (Fsp3) is 0.106. The van der Waals surface area contributed by atoms with Gasteiger partial charge in [-0.1, -0.05) is 60.7 Å². The smallest absolute Gasteiger partial charge is 0.296 e. The van der Waals surface area contributed by atoms with E-state index in [2.05, 4.69) is 137 Å². The molecule has 260 valence electrons. The van der Waals surface area contributed by atoms with Crippen molar-refractivity contribution < 1.29 is 51.2 Å². The molecule has 52 heavy (non-hydrogen) atoms. The van der Waals surface area contributed by atoms with Gasteiger partial charge in [0.15, 0.2) is 0 Å². The van der Waals surface area contributed by atoms with Gasteiger partial charge in [-0.05, 0) is 198 Å². The van der Waals surface area contributed by atoms with Gasteiger partial charge in [-0.25, -0.2) is 0 Å². The van der Waals surface area contributed by atoms with Crippen molar-refractivity contribution in [2.45, 2.75) is 25.9 Å². The molecule has 6 saturated carbocycles. The van der Waals surface area contributed by atoms with E-state index < -0.39 is 7.92 Å². The van der Waals surface area contributed by atoms with Gasteiger partial charge in [-0.2, -0.15) is 0 Å². The summed E-state index contributed by atoms with van der Waals surface area (Å²) in [4.78, 5) is 2.69. The van der Waals surface area contributed by atoms with Gasteiger partial charge in [0.25, 0.3) is 0 Å². The molecule has 2 aromatic carbocycles. The Balaban J connectivity index is 0.000000336. The van der Waals surface area contributed by atoms with Gasteiger partial charge < -0.3 is 0 Å². The van der Waals surface area contributed by atoms with E-state index in [1.165, 1.54) is 45.9 Å². The Morgan fingerprint density at radius 2 is 0.769 bits per heavy atom. The van der Waals surface area contributed by atoms with Crippen molar-refractivity contribution in [2.24, 2.45) is 0 Å². The molecule has 2 atom stereocenters. The fourth-order valence-corrected chi connectivity index (χ4v) is 9.06. The SMILES string of the molecule is C[C@H]1[C]2[CH][CH][CH][C]2[C]2[CH][CH][CH][C]2[C@H](C)N1C[C]1[CH][CH][CH][C]1P(c1ccccc1)c1ccccc1.[CH]1[CH][CH][CH][CH]1.[CH]1[CH][CH][CH][CH]1.[CH]1[CH][CH][CH][CH]1.[Fe+2].[Fe+2].[Fe+2]. The molecule has 1 nitrogen and oxygen atoms in total. The van der Waals surface area contributed by atoms with E-state index in [0.29, 0.717) is 12.1 Å². The maximum atomic E-state index is 2.69. The van der Waals surface area contributed by atoms with E-state index in [-0.39, 0.29) is 51.2 Å². The van der Waals surface area contributed by atoms with E-state index in [4.69, 9.17) is 0 Å². The van der Waals surface area contributed by atoms with Gasteiger partial charge in [0.1, 0.15) is 0 Å².